The van der Waals surface area contributed by atoms with Gasteiger partial charge in [-0.05, 0) is 49.9 Å². The van der Waals surface area contributed by atoms with E-state index in [1.807, 2.05) is 20.8 Å². The third kappa shape index (κ3) is 5.15. The van der Waals surface area contributed by atoms with Gasteiger partial charge >= 0.3 is 5.97 Å². The highest BCUT2D eigenvalue weighted by Crippen LogP contribution is 2.39. The molecule has 1 aliphatic heterocycles. The number of aromatic carboxylic acids is 1. The normalized spacial score (nSPS) is 13.0. The first kappa shape index (κ1) is 27.0. The Balaban J connectivity index is 1.98. The van der Waals surface area contributed by atoms with Gasteiger partial charge in [-0.2, -0.15) is 0 Å². The number of hydrogen-bond donors (Lipinski definition) is 2. The summed E-state index contributed by atoms with van der Waals surface area (Å²) in [5, 5.41) is 18.4. The Kier molecular flexibility index (Phi) is 7.91. The van der Waals surface area contributed by atoms with Gasteiger partial charge in [0.05, 0.1) is 31.9 Å². The number of fused-ring (bicyclic) bond motifs is 1. The summed E-state index contributed by atoms with van der Waals surface area (Å²) in [5.41, 5.74) is 0.793. The summed E-state index contributed by atoms with van der Waals surface area (Å²) in [6.07, 6.45) is 0. The van der Waals surface area contributed by atoms with Gasteiger partial charge in [0.1, 0.15) is 17.1 Å². The molecule has 0 fully saturated rings. The van der Waals surface area contributed by atoms with Crippen molar-refractivity contribution in [3.05, 3.63) is 51.8 Å². The van der Waals surface area contributed by atoms with Crippen LogP contribution in [0.25, 0.3) is 0 Å². The van der Waals surface area contributed by atoms with Crippen LogP contribution in [0, 0.1) is 11.2 Å². The van der Waals surface area contributed by atoms with Crippen LogP contribution in [0.1, 0.15) is 78.9 Å². The number of rotatable bonds is 10. The van der Waals surface area contributed by atoms with Crippen LogP contribution in [-0.4, -0.2) is 54.0 Å². The predicted octanol–water partition coefficient (Wildman–Crippen LogP) is 5.04. The molecule has 3 rings (SSSR count). The number of amidine groups is 1. The van der Waals surface area contributed by atoms with Gasteiger partial charge < -0.3 is 24.2 Å². The number of carbonyl (C=O) groups excluding carboxylic acids is 1. The summed E-state index contributed by atoms with van der Waals surface area (Å²) in [7, 11) is 0. The lowest BCUT2D eigenvalue weighted by Gasteiger charge is -2.25. The Hall–Kier alpha value is -3.62. The molecule has 8 nitrogen and oxygen atoms in total. The minimum Gasteiger partial charge on any atom is -0.493 e. The van der Waals surface area contributed by atoms with E-state index < -0.39 is 17.2 Å². The monoisotopic (exact) mass is 500 g/mol. The fourth-order valence-corrected chi connectivity index (χ4v) is 4.23. The molecule has 0 amide bonds. The minimum absolute atomic E-state index is 0.0524. The molecule has 0 radical (unpaired) electrons. The topological polar surface area (TPSA) is 109 Å². The van der Waals surface area contributed by atoms with E-state index in [4.69, 9.17) is 19.6 Å². The number of benzene rings is 2. The molecule has 0 saturated carbocycles. The van der Waals surface area contributed by atoms with Crippen molar-refractivity contribution in [2.45, 2.75) is 53.5 Å². The summed E-state index contributed by atoms with van der Waals surface area (Å²) in [6.45, 7) is 11.7. The van der Waals surface area contributed by atoms with E-state index in [1.54, 1.807) is 32.9 Å². The summed E-state index contributed by atoms with van der Waals surface area (Å²) in [6, 6.07) is 4.59. The molecule has 0 aliphatic carbocycles. The zero-order valence-electron chi connectivity index (χ0n) is 21.6. The summed E-state index contributed by atoms with van der Waals surface area (Å²) in [5.74, 6) is -1.98. The molecular weight excluding hydrogens is 467 g/mol. The van der Waals surface area contributed by atoms with Crippen molar-refractivity contribution in [1.29, 1.82) is 5.41 Å². The first-order valence-electron chi connectivity index (χ1n) is 12.0. The van der Waals surface area contributed by atoms with Crippen molar-refractivity contribution >= 4 is 17.6 Å². The highest BCUT2D eigenvalue weighted by molar-refractivity contribution is 6.07. The van der Waals surface area contributed by atoms with Crippen LogP contribution >= 0.6 is 0 Å². The average molecular weight is 501 g/mol. The van der Waals surface area contributed by atoms with Crippen molar-refractivity contribution in [2.24, 2.45) is 0 Å². The fourth-order valence-electron chi connectivity index (χ4n) is 4.23. The van der Waals surface area contributed by atoms with E-state index in [0.717, 1.165) is 0 Å². The first-order chi connectivity index (χ1) is 16.9. The standard InChI is InChI=1S/C27H33FN2O6/c1-7-34-20-12-16-13-30(25(29)21(16)22(28)24(20)36-9-3)14-19(31)15-10-17(26(32)33)23(35-8-2)18(11-15)27(4,5)6/h10-12,29H,7-9,13-14H2,1-6H3,(H,32,33). The Bertz CT molecular complexity index is 1200. The van der Waals surface area contributed by atoms with Gasteiger partial charge in [-0.3, -0.25) is 10.2 Å². The van der Waals surface area contributed by atoms with Gasteiger partial charge in [0.2, 0.25) is 0 Å². The quantitative estimate of drug-likeness (QED) is 0.440. The molecule has 0 atom stereocenters. The van der Waals surface area contributed by atoms with Crippen LogP contribution in [0.15, 0.2) is 18.2 Å². The SMILES string of the molecule is CCOc1cc2c(c(F)c1OCC)C(=N)N(CC(=O)c1cc(C(=O)O)c(OCC)c(C(C)(C)C)c1)C2. The Morgan fingerprint density at radius 2 is 1.64 bits per heavy atom. The molecule has 0 saturated heterocycles. The lowest BCUT2D eigenvalue weighted by Crippen LogP contribution is -2.31. The van der Waals surface area contributed by atoms with Crippen LogP contribution in [0.5, 0.6) is 17.2 Å². The Morgan fingerprint density at radius 3 is 2.19 bits per heavy atom. The summed E-state index contributed by atoms with van der Waals surface area (Å²) < 4.78 is 32.0. The molecule has 0 bridgehead atoms. The van der Waals surface area contributed by atoms with Crippen molar-refractivity contribution in [1.82, 2.24) is 4.90 Å². The second-order valence-electron chi connectivity index (χ2n) is 9.43. The predicted molar refractivity (Wildman–Crippen MR) is 134 cm³/mol. The summed E-state index contributed by atoms with van der Waals surface area (Å²) in [4.78, 5) is 26.8. The minimum atomic E-state index is -1.20. The lowest BCUT2D eigenvalue weighted by molar-refractivity contribution is 0.0692. The highest BCUT2D eigenvalue weighted by Gasteiger charge is 2.34. The third-order valence-corrected chi connectivity index (χ3v) is 5.84. The van der Waals surface area contributed by atoms with Crippen molar-refractivity contribution in [2.75, 3.05) is 26.4 Å². The number of halogens is 1. The molecule has 36 heavy (non-hydrogen) atoms. The Labute approximate surface area is 210 Å². The van der Waals surface area contributed by atoms with Crippen LogP contribution in [-0.2, 0) is 12.0 Å². The van der Waals surface area contributed by atoms with Crippen molar-refractivity contribution in [3.63, 3.8) is 0 Å². The number of carboxylic acid groups (broad SMARTS) is 1. The maximum atomic E-state index is 15.3. The smallest absolute Gasteiger partial charge is 0.339 e. The molecule has 1 aliphatic rings. The van der Waals surface area contributed by atoms with E-state index in [9.17, 15) is 14.7 Å². The van der Waals surface area contributed by atoms with Gasteiger partial charge in [0.25, 0.3) is 0 Å². The zero-order valence-corrected chi connectivity index (χ0v) is 21.6. The van der Waals surface area contributed by atoms with E-state index >= 15 is 4.39 Å². The molecule has 2 aromatic rings. The van der Waals surface area contributed by atoms with E-state index in [1.165, 1.54) is 11.0 Å². The molecule has 2 aromatic carbocycles. The van der Waals surface area contributed by atoms with E-state index in [0.29, 0.717) is 17.7 Å². The average Bonchev–Trinajstić information content (AvgIpc) is 3.10. The zero-order chi connectivity index (χ0) is 26.8. The number of hydrogen-bond acceptors (Lipinski definition) is 6. The van der Waals surface area contributed by atoms with Gasteiger partial charge in [0, 0.05) is 17.7 Å². The largest absolute Gasteiger partial charge is 0.493 e. The van der Waals surface area contributed by atoms with Crippen LogP contribution in [0.2, 0.25) is 0 Å². The van der Waals surface area contributed by atoms with Crippen LogP contribution in [0.4, 0.5) is 4.39 Å². The fraction of sp³-hybridized carbons (Fsp3) is 0.444. The molecule has 0 aromatic heterocycles. The molecule has 194 valence electrons. The van der Waals surface area contributed by atoms with Gasteiger partial charge in [-0.25, -0.2) is 9.18 Å². The van der Waals surface area contributed by atoms with Crippen LogP contribution in [0.3, 0.4) is 0 Å². The number of nitrogens with one attached hydrogen (secondary N) is 1. The second kappa shape index (κ2) is 10.6. The lowest BCUT2D eigenvalue weighted by atomic mass is 9.83. The molecule has 9 heteroatoms. The van der Waals surface area contributed by atoms with Gasteiger partial charge in [-0.1, -0.05) is 20.8 Å². The number of carboxylic acids is 1. The number of carbonyl (C=O) groups is 2. The number of ketones is 1. The third-order valence-electron chi connectivity index (χ3n) is 5.84. The van der Waals surface area contributed by atoms with E-state index in [2.05, 4.69) is 0 Å². The van der Waals surface area contributed by atoms with Crippen molar-refractivity contribution < 1.29 is 33.3 Å². The van der Waals surface area contributed by atoms with Crippen LogP contribution < -0.4 is 14.2 Å². The molecule has 0 spiro atoms. The molecule has 1 heterocycles. The second-order valence-corrected chi connectivity index (χ2v) is 9.43. The molecule has 0 unspecified atom stereocenters. The molecular formula is C27H33FN2O6. The molecule has 2 N–H and O–H groups in total. The van der Waals surface area contributed by atoms with E-state index in [-0.39, 0.29) is 71.9 Å². The first-order valence-corrected chi connectivity index (χ1v) is 12.0. The van der Waals surface area contributed by atoms with Crippen molar-refractivity contribution in [3.8, 4) is 17.2 Å². The Morgan fingerprint density at radius 1 is 1.03 bits per heavy atom. The number of ether oxygens (including phenoxy) is 3. The maximum Gasteiger partial charge on any atom is 0.339 e. The number of nitrogens with zero attached hydrogens (tertiary/aromatic N) is 1. The number of Topliss-reactive ketones (excluding diaryl/α,β-unsaturated/α-hetero) is 1. The highest BCUT2D eigenvalue weighted by atomic mass is 19.1. The summed E-state index contributed by atoms with van der Waals surface area (Å²) >= 11 is 0. The maximum absolute atomic E-state index is 15.3. The van der Waals surface area contributed by atoms with Gasteiger partial charge in [-0.15, -0.1) is 0 Å². The van der Waals surface area contributed by atoms with Gasteiger partial charge in [0.15, 0.2) is 23.1 Å².